The van der Waals surface area contributed by atoms with Crippen molar-refractivity contribution in [3.05, 3.63) is 59.7 Å². The minimum Gasteiger partial charge on any atom is -0.348 e. The largest absolute Gasteiger partial charge is 0.348 e. The number of amides is 1. The Labute approximate surface area is 119 Å². The van der Waals surface area contributed by atoms with E-state index in [1.807, 2.05) is 0 Å². The Morgan fingerprint density at radius 2 is 1.70 bits per heavy atom. The topological polar surface area (TPSA) is 54.9 Å². The zero-order valence-corrected chi connectivity index (χ0v) is 11.8. The Balaban J connectivity index is 1.89. The molecule has 0 saturated heterocycles. The maximum absolute atomic E-state index is 11.8. The number of nitrogens with zero attached hydrogens (tertiary/aromatic N) is 2. The fourth-order valence-electron chi connectivity index (χ4n) is 1.97. The van der Waals surface area contributed by atoms with Crippen LogP contribution in [0.3, 0.4) is 0 Å². The maximum Gasteiger partial charge on any atom is 0.254 e. The second-order valence-corrected chi connectivity index (χ2v) is 5.22. The van der Waals surface area contributed by atoms with Gasteiger partial charge in [0, 0.05) is 18.9 Å². The van der Waals surface area contributed by atoms with Crippen molar-refractivity contribution < 1.29 is 4.79 Å². The number of carbonyl (C=O) groups is 1. The smallest absolute Gasteiger partial charge is 0.254 e. The van der Waals surface area contributed by atoms with Gasteiger partial charge in [0.25, 0.3) is 5.91 Å². The molecule has 1 aromatic heterocycles. The Kier molecular flexibility index (Phi) is 4.82. The Morgan fingerprint density at radius 1 is 1.10 bits per heavy atom. The number of carbonyl (C=O) groups excluding carboxylic acids is 1. The van der Waals surface area contributed by atoms with E-state index in [0.717, 1.165) is 12.0 Å². The lowest BCUT2D eigenvalue weighted by atomic mass is 10.0. The molecule has 0 fully saturated rings. The van der Waals surface area contributed by atoms with Crippen LogP contribution < -0.4 is 5.32 Å². The number of aromatic nitrogens is 2. The first-order valence-corrected chi connectivity index (χ1v) is 6.76. The Hall–Kier alpha value is -2.23. The molecule has 0 aliphatic rings. The number of hydrogen-bond donors (Lipinski definition) is 1. The molecule has 1 N–H and O–H groups in total. The van der Waals surface area contributed by atoms with Crippen molar-refractivity contribution in [1.29, 1.82) is 0 Å². The van der Waals surface area contributed by atoms with Gasteiger partial charge in [-0.3, -0.25) is 4.79 Å². The summed E-state index contributed by atoms with van der Waals surface area (Å²) in [6, 6.07) is 8.35. The van der Waals surface area contributed by atoms with Crippen LogP contribution in [0.2, 0.25) is 0 Å². The summed E-state index contributed by atoms with van der Waals surface area (Å²) in [5, 5.41) is 2.86. The number of nitrogens with one attached hydrogen (secondary N) is 1. The summed E-state index contributed by atoms with van der Waals surface area (Å²) in [5.41, 5.74) is 2.89. The van der Waals surface area contributed by atoms with E-state index in [2.05, 4.69) is 53.4 Å². The predicted molar refractivity (Wildman–Crippen MR) is 78.2 cm³/mol. The molecule has 1 aromatic carbocycles. The summed E-state index contributed by atoms with van der Waals surface area (Å²) in [7, 11) is 0. The summed E-state index contributed by atoms with van der Waals surface area (Å²) in [6.45, 7) is 4.92. The summed E-state index contributed by atoms with van der Waals surface area (Å²) >= 11 is 0. The summed E-state index contributed by atoms with van der Waals surface area (Å²) in [4.78, 5) is 19.5. The normalized spacial score (nSPS) is 10.6. The zero-order chi connectivity index (χ0) is 14.4. The van der Waals surface area contributed by atoms with Crippen molar-refractivity contribution in [2.75, 3.05) is 0 Å². The van der Waals surface area contributed by atoms with Crippen LogP contribution in [0, 0.1) is 5.92 Å². The molecule has 0 radical (unpaired) electrons. The lowest BCUT2D eigenvalue weighted by Crippen LogP contribution is -2.23. The highest BCUT2D eigenvalue weighted by molar-refractivity contribution is 5.93. The van der Waals surface area contributed by atoms with Crippen LogP contribution in [0.1, 0.15) is 35.3 Å². The van der Waals surface area contributed by atoms with Crippen LogP contribution in [-0.4, -0.2) is 15.9 Å². The summed E-state index contributed by atoms with van der Waals surface area (Å²) in [5.74, 6) is 0.496. The van der Waals surface area contributed by atoms with Crippen molar-refractivity contribution >= 4 is 5.91 Å². The molecular weight excluding hydrogens is 250 g/mol. The molecule has 0 spiro atoms. The van der Waals surface area contributed by atoms with Gasteiger partial charge in [-0.2, -0.15) is 0 Å². The minimum absolute atomic E-state index is 0.156. The highest BCUT2D eigenvalue weighted by atomic mass is 16.1. The lowest BCUT2D eigenvalue weighted by molar-refractivity contribution is 0.0950. The molecular formula is C16H19N3O. The summed E-state index contributed by atoms with van der Waals surface area (Å²) in [6.07, 6.45) is 5.50. The van der Waals surface area contributed by atoms with E-state index in [9.17, 15) is 4.79 Å². The van der Waals surface area contributed by atoms with Gasteiger partial charge >= 0.3 is 0 Å². The highest BCUT2D eigenvalue weighted by Crippen LogP contribution is 2.09. The lowest BCUT2D eigenvalue weighted by Gasteiger charge is -2.07. The van der Waals surface area contributed by atoms with Crippen molar-refractivity contribution in [2.45, 2.75) is 26.8 Å². The van der Waals surface area contributed by atoms with Crippen LogP contribution in [0.5, 0.6) is 0 Å². The third-order valence-electron chi connectivity index (χ3n) is 2.94. The van der Waals surface area contributed by atoms with Crippen LogP contribution in [-0.2, 0) is 13.0 Å². The molecule has 1 amide bonds. The van der Waals surface area contributed by atoms with Gasteiger partial charge in [0.1, 0.15) is 6.33 Å². The second-order valence-electron chi connectivity index (χ2n) is 5.22. The first-order chi connectivity index (χ1) is 9.65. The second kappa shape index (κ2) is 6.80. The van der Waals surface area contributed by atoms with Gasteiger partial charge in [-0.25, -0.2) is 9.97 Å². The fraction of sp³-hybridized carbons (Fsp3) is 0.312. The maximum atomic E-state index is 11.8. The molecule has 2 rings (SSSR count). The van der Waals surface area contributed by atoms with E-state index < -0.39 is 0 Å². The molecule has 0 atom stereocenters. The van der Waals surface area contributed by atoms with Crippen molar-refractivity contribution in [2.24, 2.45) is 5.92 Å². The Bertz CT molecular complexity index is 550. The molecule has 104 valence electrons. The molecule has 0 aliphatic carbocycles. The molecule has 0 unspecified atom stereocenters. The van der Waals surface area contributed by atoms with Crippen molar-refractivity contribution in [3.8, 4) is 0 Å². The monoisotopic (exact) mass is 269 g/mol. The van der Waals surface area contributed by atoms with Gasteiger partial charge in [-0.1, -0.05) is 38.1 Å². The fourth-order valence-corrected chi connectivity index (χ4v) is 1.97. The molecule has 0 saturated carbocycles. The van der Waals surface area contributed by atoms with E-state index in [1.165, 1.54) is 24.3 Å². The Morgan fingerprint density at radius 3 is 2.30 bits per heavy atom. The third kappa shape index (κ3) is 4.16. The van der Waals surface area contributed by atoms with E-state index in [0.29, 0.717) is 18.0 Å². The van der Waals surface area contributed by atoms with Gasteiger partial charge in [0.2, 0.25) is 0 Å². The van der Waals surface area contributed by atoms with Gasteiger partial charge in [0.05, 0.1) is 5.56 Å². The molecule has 4 heteroatoms. The molecule has 1 heterocycles. The van der Waals surface area contributed by atoms with Crippen LogP contribution in [0.15, 0.2) is 43.0 Å². The van der Waals surface area contributed by atoms with Crippen molar-refractivity contribution in [1.82, 2.24) is 15.3 Å². The van der Waals surface area contributed by atoms with Crippen LogP contribution in [0.25, 0.3) is 0 Å². The van der Waals surface area contributed by atoms with Gasteiger partial charge in [-0.15, -0.1) is 0 Å². The summed E-state index contributed by atoms with van der Waals surface area (Å²) < 4.78 is 0. The van der Waals surface area contributed by atoms with Crippen LogP contribution >= 0.6 is 0 Å². The molecule has 4 nitrogen and oxygen atoms in total. The SMILES string of the molecule is CC(C)Cc1ccc(CNC(=O)c2cncnc2)cc1. The van der Waals surface area contributed by atoms with Crippen LogP contribution in [0.4, 0.5) is 0 Å². The van der Waals surface area contributed by atoms with Gasteiger partial charge < -0.3 is 5.32 Å². The zero-order valence-electron chi connectivity index (χ0n) is 11.8. The van der Waals surface area contributed by atoms with Crippen molar-refractivity contribution in [3.63, 3.8) is 0 Å². The number of hydrogen-bond acceptors (Lipinski definition) is 3. The first kappa shape index (κ1) is 14.2. The molecule has 2 aromatic rings. The van der Waals surface area contributed by atoms with E-state index in [1.54, 1.807) is 0 Å². The first-order valence-electron chi connectivity index (χ1n) is 6.76. The van der Waals surface area contributed by atoms with Gasteiger partial charge in [0.15, 0.2) is 0 Å². The number of rotatable bonds is 5. The molecule has 20 heavy (non-hydrogen) atoms. The predicted octanol–water partition coefficient (Wildman–Crippen LogP) is 2.61. The highest BCUT2D eigenvalue weighted by Gasteiger charge is 2.05. The van der Waals surface area contributed by atoms with E-state index >= 15 is 0 Å². The molecule has 0 aliphatic heterocycles. The standard InChI is InChI=1S/C16H19N3O/c1-12(2)7-13-3-5-14(6-4-13)8-19-16(20)15-9-17-11-18-10-15/h3-6,9-12H,7-8H2,1-2H3,(H,19,20). The van der Waals surface area contributed by atoms with Gasteiger partial charge in [-0.05, 0) is 23.5 Å². The quantitative estimate of drug-likeness (QED) is 0.907. The minimum atomic E-state index is -0.156. The molecule has 0 bridgehead atoms. The van der Waals surface area contributed by atoms with E-state index in [-0.39, 0.29) is 5.91 Å². The average Bonchev–Trinajstić information content (AvgIpc) is 2.46. The van der Waals surface area contributed by atoms with E-state index in [4.69, 9.17) is 0 Å². The number of benzene rings is 1. The average molecular weight is 269 g/mol. The third-order valence-corrected chi connectivity index (χ3v) is 2.94.